The van der Waals surface area contributed by atoms with Crippen LogP contribution in [0.25, 0.3) is 11.3 Å². The number of nitrogens with zero attached hydrogens (tertiary/aromatic N) is 1. The second-order valence-electron chi connectivity index (χ2n) is 4.54. The quantitative estimate of drug-likeness (QED) is 0.916. The van der Waals surface area contributed by atoms with E-state index in [1.54, 1.807) is 32.0 Å². The highest BCUT2D eigenvalue weighted by molar-refractivity contribution is 5.91. The Bertz CT molecular complexity index is 644. The zero-order chi connectivity index (χ0) is 14.2. The van der Waals surface area contributed by atoms with Gasteiger partial charge in [0.1, 0.15) is 5.82 Å². The maximum Gasteiger partial charge on any atom is 0.337 e. The van der Waals surface area contributed by atoms with Crippen molar-refractivity contribution in [2.75, 3.05) is 0 Å². The standard InChI is InChI=1S/C15H16FNO2/c1-4-17-10(3)12(15(18)19)8-14(17)11-5-6-13(16)9(2)7-11/h5-8H,4H2,1-3H3,(H,18,19). The van der Waals surface area contributed by atoms with Crippen LogP contribution in [0.15, 0.2) is 24.3 Å². The van der Waals surface area contributed by atoms with E-state index in [1.807, 2.05) is 11.5 Å². The number of aromatic nitrogens is 1. The molecule has 100 valence electrons. The molecule has 2 rings (SSSR count). The summed E-state index contributed by atoms with van der Waals surface area (Å²) in [7, 11) is 0. The number of carbonyl (C=O) groups is 1. The van der Waals surface area contributed by atoms with Gasteiger partial charge in [-0.25, -0.2) is 9.18 Å². The average Bonchev–Trinajstić information content (AvgIpc) is 2.70. The van der Waals surface area contributed by atoms with Gasteiger partial charge in [-0.15, -0.1) is 0 Å². The maximum absolute atomic E-state index is 13.3. The molecule has 1 aromatic heterocycles. The Morgan fingerprint density at radius 1 is 1.32 bits per heavy atom. The third-order valence-electron chi connectivity index (χ3n) is 3.37. The summed E-state index contributed by atoms with van der Waals surface area (Å²) in [6.07, 6.45) is 0. The van der Waals surface area contributed by atoms with Crippen molar-refractivity contribution in [1.82, 2.24) is 4.57 Å². The van der Waals surface area contributed by atoms with E-state index in [9.17, 15) is 14.3 Å². The van der Waals surface area contributed by atoms with Crippen LogP contribution >= 0.6 is 0 Å². The Labute approximate surface area is 111 Å². The van der Waals surface area contributed by atoms with Crippen LogP contribution in [0.1, 0.15) is 28.5 Å². The number of benzene rings is 1. The summed E-state index contributed by atoms with van der Waals surface area (Å²) in [6.45, 7) is 6.11. The molecule has 1 heterocycles. The Hall–Kier alpha value is -2.10. The van der Waals surface area contributed by atoms with Gasteiger partial charge in [0.15, 0.2) is 0 Å². The third-order valence-corrected chi connectivity index (χ3v) is 3.37. The predicted octanol–water partition coefficient (Wildman–Crippen LogP) is 3.63. The molecule has 0 radical (unpaired) electrons. The fourth-order valence-corrected chi connectivity index (χ4v) is 2.31. The smallest absolute Gasteiger partial charge is 0.337 e. The monoisotopic (exact) mass is 261 g/mol. The van der Waals surface area contributed by atoms with Crippen LogP contribution < -0.4 is 0 Å². The van der Waals surface area contributed by atoms with E-state index in [2.05, 4.69) is 0 Å². The minimum absolute atomic E-state index is 0.256. The maximum atomic E-state index is 13.3. The molecule has 0 unspecified atom stereocenters. The molecule has 0 fully saturated rings. The van der Waals surface area contributed by atoms with Gasteiger partial charge in [-0.3, -0.25) is 0 Å². The summed E-state index contributed by atoms with van der Waals surface area (Å²) < 4.78 is 15.2. The molecule has 0 bridgehead atoms. The Kier molecular flexibility index (Phi) is 3.42. The summed E-state index contributed by atoms with van der Waals surface area (Å²) in [4.78, 5) is 11.2. The lowest BCUT2D eigenvalue weighted by Gasteiger charge is -2.09. The molecule has 1 N–H and O–H groups in total. The van der Waals surface area contributed by atoms with Crippen molar-refractivity contribution in [3.63, 3.8) is 0 Å². The molecule has 0 aliphatic rings. The molecule has 0 spiro atoms. The van der Waals surface area contributed by atoms with Crippen LogP contribution in [-0.2, 0) is 6.54 Å². The van der Waals surface area contributed by atoms with Crippen LogP contribution in [0.3, 0.4) is 0 Å². The highest BCUT2D eigenvalue weighted by atomic mass is 19.1. The van der Waals surface area contributed by atoms with Gasteiger partial charge >= 0.3 is 5.97 Å². The van der Waals surface area contributed by atoms with Gasteiger partial charge in [-0.1, -0.05) is 0 Å². The first-order chi connectivity index (χ1) is 8.95. The van der Waals surface area contributed by atoms with Gasteiger partial charge in [-0.2, -0.15) is 0 Å². The van der Waals surface area contributed by atoms with E-state index >= 15 is 0 Å². The third kappa shape index (κ3) is 2.26. The van der Waals surface area contributed by atoms with Crippen LogP contribution in [0.5, 0.6) is 0 Å². The van der Waals surface area contributed by atoms with Crippen molar-refractivity contribution in [1.29, 1.82) is 0 Å². The van der Waals surface area contributed by atoms with Crippen LogP contribution in [-0.4, -0.2) is 15.6 Å². The molecule has 4 heteroatoms. The van der Waals surface area contributed by atoms with Gasteiger partial charge in [0.25, 0.3) is 0 Å². The largest absolute Gasteiger partial charge is 0.478 e. The van der Waals surface area contributed by atoms with E-state index in [4.69, 9.17) is 0 Å². The molecule has 0 aliphatic heterocycles. The van der Waals surface area contributed by atoms with Crippen LogP contribution in [0.4, 0.5) is 4.39 Å². The van der Waals surface area contributed by atoms with E-state index < -0.39 is 5.97 Å². The first-order valence-corrected chi connectivity index (χ1v) is 6.15. The van der Waals surface area contributed by atoms with Crippen molar-refractivity contribution in [3.05, 3.63) is 46.9 Å². The number of carboxylic acids is 1. The van der Waals surface area contributed by atoms with Crippen molar-refractivity contribution in [3.8, 4) is 11.3 Å². The number of carboxylic acid groups (broad SMARTS) is 1. The van der Waals surface area contributed by atoms with Crippen molar-refractivity contribution >= 4 is 5.97 Å². The molecular formula is C15H16FNO2. The lowest BCUT2D eigenvalue weighted by Crippen LogP contribution is -2.02. The summed E-state index contributed by atoms with van der Waals surface area (Å²) in [5.41, 5.74) is 3.19. The van der Waals surface area contributed by atoms with Gasteiger partial charge in [0.05, 0.1) is 5.56 Å². The lowest BCUT2D eigenvalue weighted by atomic mass is 10.1. The summed E-state index contributed by atoms with van der Waals surface area (Å²) >= 11 is 0. The van der Waals surface area contributed by atoms with Crippen molar-refractivity contribution < 1.29 is 14.3 Å². The minimum Gasteiger partial charge on any atom is -0.478 e. The first kappa shape index (κ1) is 13.3. The van der Waals surface area contributed by atoms with Gasteiger partial charge < -0.3 is 9.67 Å². The molecule has 3 nitrogen and oxygen atoms in total. The van der Waals surface area contributed by atoms with Gasteiger partial charge in [0, 0.05) is 17.9 Å². The molecule has 0 aliphatic carbocycles. The fraction of sp³-hybridized carbons (Fsp3) is 0.267. The van der Waals surface area contributed by atoms with Crippen molar-refractivity contribution in [2.45, 2.75) is 27.3 Å². The predicted molar refractivity (Wildman–Crippen MR) is 71.9 cm³/mol. The zero-order valence-corrected chi connectivity index (χ0v) is 11.2. The summed E-state index contributed by atoms with van der Waals surface area (Å²) in [5, 5.41) is 9.17. The van der Waals surface area contributed by atoms with E-state index in [0.717, 1.165) is 11.3 Å². The van der Waals surface area contributed by atoms with Gasteiger partial charge in [0.2, 0.25) is 0 Å². The lowest BCUT2D eigenvalue weighted by molar-refractivity contribution is 0.0696. The molecule has 0 atom stereocenters. The molecule has 0 saturated heterocycles. The Balaban J connectivity index is 2.64. The molecule has 19 heavy (non-hydrogen) atoms. The highest BCUT2D eigenvalue weighted by Gasteiger charge is 2.17. The van der Waals surface area contributed by atoms with Gasteiger partial charge in [-0.05, 0) is 56.2 Å². The minimum atomic E-state index is -0.940. The molecular weight excluding hydrogens is 245 g/mol. The number of aryl methyl sites for hydroxylation is 1. The second-order valence-corrected chi connectivity index (χ2v) is 4.54. The van der Waals surface area contributed by atoms with Crippen molar-refractivity contribution in [2.24, 2.45) is 0 Å². The molecule has 1 aromatic carbocycles. The highest BCUT2D eigenvalue weighted by Crippen LogP contribution is 2.27. The van der Waals surface area contributed by atoms with Crippen LogP contribution in [0.2, 0.25) is 0 Å². The fourth-order valence-electron chi connectivity index (χ4n) is 2.31. The van der Waals surface area contributed by atoms with E-state index in [1.165, 1.54) is 6.07 Å². The molecule has 2 aromatic rings. The summed E-state index contributed by atoms with van der Waals surface area (Å²) in [5.74, 6) is -1.20. The number of hydrogen-bond acceptors (Lipinski definition) is 1. The summed E-state index contributed by atoms with van der Waals surface area (Å²) in [6, 6.07) is 6.47. The Morgan fingerprint density at radius 3 is 2.53 bits per heavy atom. The topological polar surface area (TPSA) is 42.2 Å². The number of aromatic carboxylic acids is 1. The first-order valence-electron chi connectivity index (χ1n) is 6.15. The molecule has 0 amide bonds. The normalized spacial score (nSPS) is 10.7. The average molecular weight is 261 g/mol. The molecule has 0 saturated carbocycles. The zero-order valence-electron chi connectivity index (χ0n) is 11.2. The second kappa shape index (κ2) is 4.88. The van der Waals surface area contributed by atoms with Crippen LogP contribution in [0, 0.1) is 19.7 Å². The van der Waals surface area contributed by atoms with E-state index in [-0.39, 0.29) is 5.82 Å². The number of hydrogen-bond donors (Lipinski definition) is 1. The number of halogens is 1. The Morgan fingerprint density at radius 2 is 2.00 bits per heavy atom. The SMILES string of the molecule is CCn1c(-c2ccc(F)c(C)c2)cc(C(=O)O)c1C. The van der Waals surface area contributed by atoms with E-state index in [0.29, 0.717) is 23.4 Å². The number of rotatable bonds is 3.